The second-order valence-electron chi connectivity index (χ2n) is 9.96. The van der Waals surface area contributed by atoms with Crippen LogP contribution in [0.1, 0.15) is 12.5 Å². The average Bonchev–Trinajstić information content (AvgIpc) is 3.73. The van der Waals surface area contributed by atoms with Gasteiger partial charge in [-0.3, -0.25) is 28.0 Å². The van der Waals surface area contributed by atoms with Gasteiger partial charge < -0.3 is 45.5 Å². The zero-order valence-electron chi connectivity index (χ0n) is 22.1. The van der Waals surface area contributed by atoms with Crippen LogP contribution in [0, 0.1) is 12.3 Å². The number of nitrogens with one attached hydrogen (secondary N) is 1. The number of rotatable bonds is 2. The van der Waals surface area contributed by atoms with E-state index in [9.17, 15) is 24.5 Å². The molecular formula is C22H23N10O11P. The van der Waals surface area contributed by atoms with Crippen molar-refractivity contribution in [3.63, 3.8) is 0 Å². The zero-order chi connectivity index (χ0) is 31.0. The molecule has 4 aromatic heterocycles. The third-order valence-corrected chi connectivity index (χ3v) is 8.34. The molecule has 8 unspecified atom stereocenters. The molecule has 0 aromatic carbocycles. The number of anilines is 2. The van der Waals surface area contributed by atoms with E-state index in [2.05, 4.69) is 35.8 Å². The first kappa shape index (κ1) is 28.7. The number of ether oxygens (including phenoxy) is 4. The minimum absolute atomic E-state index is 0.0746. The van der Waals surface area contributed by atoms with Crippen molar-refractivity contribution in [3.05, 3.63) is 29.3 Å². The Morgan fingerprint density at radius 2 is 1.82 bits per heavy atom. The molecule has 4 aromatic rings. The Balaban J connectivity index is 1.21. The van der Waals surface area contributed by atoms with E-state index < -0.39 is 75.5 Å². The molecule has 3 saturated heterocycles. The SMILES string of the molecule is C#C[C@@]12COP(=O)(O)OC3C(O)C(OCOC1C(O)C(n1cnc4c(N)ncnc41)O2)OC3n1cnc2c(=O)[nH]c(N)nc21. The number of phosphoric ester groups is 1. The van der Waals surface area contributed by atoms with Gasteiger partial charge in [-0.2, -0.15) is 4.98 Å². The Bertz CT molecular complexity index is 1910. The maximum atomic E-state index is 13.3. The predicted octanol–water partition coefficient (Wildman–Crippen LogP) is -2.52. The third-order valence-electron chi connectivity index (χ3n) is 7.37. The standard InChI is InChI=1S/C22H23N10O11P/c1-2-22-3-40-44(36,37)43-12-10(33)20(41-19(12)32-6-28-9-16(32)29-21(24)30-17(9)35)39-7-38-13(22)11(34)18(42-22)31-5-27-8-14(23)25-4-26-15(8)31/h1,4-6,10-13,18-20,33-34H,3,7H2,(H,36,37)(H2,23,25,26)(H3,24,29,30,35)/t10?,11?,12?,13?,18?,19?,20?,22-/m1/s1. The number of imidazole rings is 2. The molecule has 2 bridgehead atoms. The molecule has 232 valence electrons. The van der Waals surface area contributed by atoms with Crippen LogP contribution in [0.4, 0.5) is 11.8 Å². The van der Waals surface area contributed by atoms with Crippen LogP contribution in [-0.4, -0.2) is 104 Å². The van der Waals surface area contributed by atoms with Gasteiger partial charge in [0.25, 0.3) is 5.56 Å². The lowest BCUT2D eigenvalue weighted by atomic mass is 9.97. The maximum absolute atomic E-state index is 13.3. The lowest BCUT2D eigenvalue weighted by Gasteiger charge is -2.31. The fourth-order valence-corrected chi connectivity index (χ4v) is 6.28. The van der Waals surface area contributed by atoms with E-state index >= 15 is 0 Å². The number of nitrogens with zero attached hydrogens (tertiary/aromatic N) is 7. The topological polar surface area (TPSA) is 292 Å². The number of hydrogen-bond acceptors (Lipinski definition) is 17. The van der Waals surface area contributed by atoms with Gasteiger partial charge >= 0.3 is 7.82 Å². The lowest BCUT2D eigenvalue weighted by Crippen LogP contribution is -2.48. The molecule has 7 heterocycles. The third kappa shape index (κ3) is 4.44. The van der Waals surface area contributed by atoms with Gasteiger partial charge in [0.2, 0.25) is 5.95 Å². The zero-order valence-corrected chi connectivity index (χ0v) is 23.0. The van der Waals surface area contributed by atoms with Crippen LogP contribution in [0.2, 0.25) is 0 Å². The van der Waals surface area contributed by atoms with Crippen LogP contribution < -0.4 is 17.0 Å². The Morgan fingerprint density at radius 1 is 1.07 bits per heavy atom. The Hall–Kier alpha value is -4.07. The Kier molecular flexibility index (Phi) is 6.68. The molecule has 44 heavy (non-hydrogen) atoms. The van der Waals surface area contributed by atoms with E-state index in [0.29, 0.717) is 0 Å². The lowest BCUT2D eigenvalue weighted by molar-refractivity contribution is -0.238. The van der Waals surface area contributed by atoms with Crippen molar-refractivity contribution in [3.8, 4) is 12.3 Å². The summed E-state index contributed by atoms with van der Waals surface area (Å²) < 4.78 is 49.6. The normalized spacial score (nSPS) is 36.1. The predicted molar refractivity (Wildman–Crippen MR) is 141 cm³/mol. The number of fused-ring (bicyclic) bond motifs is 5. The van der Waals surface area contributed by atoms with E-state index in [-0.39, 0.29) is 34.1 Å². The molecule has 0 saturated carbocycles. The van der Waals surface area contributed by atoms with Gasteiger partial charge in [0.05, 0.1) is 12.7 Å². The van der Waals surface area contributed by atoms with Crippen molar-refractivity contribution >= 4 is 41.9 Å². The number of aromatic amines is 1. The summed E-state index contributed by atoms with van der Waals surface area (Å²) in [7, 11) is -5.10. The smallest absolute Gasteiger partial charge is 0.385 e. The molecule has 21 nitrogen and oxygen atoms in total. The first-order valence-corrected chi connectivity index (χ1v) is 14.2. The number of aromatic nitrogens is 8. The monoisotopic (exact) mass is 634 g/mol. The van der Waals surface area contributed by atoms with Crippen LogP contribution in [0.3, 0.4) is 0 Å². The van der Waals surface area contributed by atoms with E-state index in [0.717, 1.165) is 6.33 Å². The van der Waals surface area contributed by atoms with Crippen LogP contribution >= 0.6 is 7.82 Å². The van der Waals surface area contributed by atoms with Crippen molar-refractivity contribution in [2.75, 3.05) is 24.9 Å². The quantitative estimate of drug-likeness (QED) is 0.0979. The minimum Gasteiger partial charge on any atom is -0.385 e. The van der Waals surface area contributed by atoms with Crippen molar-refractivity contribution in [2.45, 2.75) is 48.8 Å². The summed E-state index contributed by atoms with van der Waals surface area (Å²) in [6.45, 7) is -1.47. The summed E-state index contributed by atoms with van der Waals surface area (Å²) >= 11 is 0. The fraction of sp³-hybridized carbons (Fsp3) is 0.455. The van der Waals surface area contributed by atoms with E-state index in [1.54, 1.807) is 0 Å². The molecule has 8 N–H and O–H groups in total. The molecule has 0 aliphatic carbocycles. The molecule has 3 fully saturated rings. The molecule has 22 heteroatoms. The highest BCUT2D eigenvalue weighted by atomic mass is 31.2. The maximum Gasteiger partial charge on any atom is 0.472 e. The summed E-state index contributed by atoms with van der Waals surface area (Å²) in [5.41, 5.74) is 9.12. The number of phosphoric acid groups is 1. The number of hydrogen-bond donors (Lipinski definition) is 6. The highest BCUT2D eigenvalue weighted by Crippen LogP contribution is 2.52. The molecule has 3 aliphatic rings. The molecule has 3 aliphatic heterocycles. The Morgan fingerprint density at radius 3 is 2.59 bits per heavy atom. The van der Waals surface area contributed by atoms with Crippen LogP contribution in [0.15, 0.2) is 23.8 Å². The second-order valence-corrected chi connectivity index (χ2v) is 11.4. The van der Waals surface area contributed by atoms with Crippen molar-refractivity contribution in [2.24, 2.45) is 0 Å². The van der Waals surface area contributed by atoms with Crippen LogP contribution in [-0.2, 0) is 32.6 Å². The van der Waals surface area contributed by atoms with Crippen molar-refractivity contribution < 1.29 is 47.7 Å². The van der Waals surface area contributed by atoms with Gasteiger partial charge in [-0.1, -0.05) is 5.92 Å². The minimum atomic E-state index is -5.10. The van der Waals surface area contributed by atoms with Gasteiger partial charge in [0, 0.05) is 0 Å². The van der Waals surface area contributed by atoms with Crippen molar-refractivity contribution in [1.29, 1.82) is 0 Å². The average molecular weight is 634 g/mol. The molecule has 9 atom stereocenters. The summed E-state index contributed by atoms with van der Waals surface area (Å²) in [5, 5.41) is 22.3. The summed E-state index contributed by atoms with van der Waals surface area (Å²) in [6, 6.07) is 0. The number of nitrogens with two attached hydrogens (primary N) is 2. The molecule has 0 radical (unpaired) electrons. The summed E-state index contributed by atoms with van der Waals surface area (Å²) in [6.07, 6.45) is -1.13. The highest BCUT2D eigenvalue weighted by Gasteiger charge is 2.58. The number of aliphatic hydroxyl groups excluding tert-OH is 2. The largest absolute Gasteiger partial charge is 0.472 e. The number of nitrogen functional groups attached to an aromatic ring is 2. The van der Waals surface area contributed by atoms with Gasteiger partial charge in [-0.15, -0.1) is 6.42 Å². The number of terminal acetylenes is 1. The van der Waals surface area contributed by atoms with E-state index in [1.807, 2.05) is 0 Å². The molecular weight excluding hydrogens is 611 g/mol. The summed E-state index contributed by atoms with van der Waals surface area (Å²) in [5.74, 6) is 2.18. The summed E-state index contributed by atoms with van der Waals surface area (Å²) in [4.78, 5) is 45.5. The molecule has 7 rings (SSSR count). The number of H-pyrrole nitrogens is 1. The first-order chi connectivity index (χ1) is 21.0. The van der Waals surface area contributed by atoms with Crippen LogP contribution in [0.5, 0.6) is 0 Å². The van der Waals surface area contributed by atoms with Gasteiger partial charge in [0.1, 0.15) is 42.9 Å². The van der Waals surface area contributed by atoms with E-state index in [1.165, 1.54) is 21.8 Å². The fourth-order valence-electron chi connectivity index (χ4n) is 5.33. The van der Waals surface area contributed by atoms with Crippen LogP contribution in [0.25, 0.3) is 22.3 Å². The Labute approximate surface area is 244 Å². The molecule has 0 spiro atoms. The highest BCUT2D eigenvalue weighted by molar-refractivity contribution is 7.47. The van der Waals surface area contributed by atoms with Gasteiger partial charge in [-0.05, 0) is 0 Å². The van der Waals surface area contributed by atoms with Crippen molar-refractivity contribution in [1.82, 2.24) is 39.0 Å². The second kappa shape index (κ2) is 10.2. The van der Waals surface area contributed by atoms with E-state index in [4.69, 9.17) is 45.9 Å². The van der Waals surface area contributed by atoms with Gasteiger partial charge in [0.15, 0.2) is 53.8 Å². The molecule has 0 amide bonds. The van der Waals surface area contributed by atoms with Gasteiger partial charge in [-0.25, -0.2) is 24.5 Å². The number of aliphatic hydroxyl groups is 2. The first-order valence-electron chi connectivity index (χ1n) is 12.7.